The second-order valence-corrected chi connectivity index (χ2v) is 2.34. The monoisotopic (exact) mass is 161 g/mol. The van der Waals surface area contributed by atoms with Gasteiger partial charge in [-0.15, -0.1) is 0 Å². The van der Waals surface area contributed by atoms with E-state index < -0.39 is 18.4 Å². The number of aliphatic hydroxyl groups is 2. The number of guanidine groups is 1. The first kappa shape index (κ1) is 8.25. The molecule has 0 aromatic carbocycles. The van der Waals surface area contributed by atoms with Gasteiger partial charge < -0.3 is 26.4 Å². The van der Waals surface area contributed by atoms with Gasteiger partial charge in [0.25, 0.3) is 0 Å². The highest BCUT2D eigenvalue weighted by molar-refractivity contribution is 5.75. The van der Waals surface area contributed by atoms with Crippen LogP contribution in [0.5, 0.6) is 0 Å². The van der Waals surface area contributed by atoms with Gasteiger partial charge in [0.05, 0.1) is 6.61 Å². The maximum atomic E-state index is 9.11. The molecule has 0 spiro atoms. The van der Waals surface area contributed by atoms with Gasteiger partial charge in [0.15, 0.2) is 12.2 Å². The van der Waals surface area contributed by atoms with Crippen molar-refractivity contribution in [1.82, 2.24) is 0 Å². The van der Waals surface area contributed by atoms with E-state index in [-0.39, 0.29) is 12.6 Å². The van der Waals surface area contributed by atoms with Crippen molar-refractivity contribution in [2.75, 3.05) is 6.61 Å². The largest absolute Gasteiger partial charge is 0.385 e. The quantitative estimate of drug-likeness (QED) is 0.247. The Morgan fingerprint density at radius 2 is 2.09 bits per heavy atom. The summed E-state index contributed by atoms with van der Waals surface area (Å²) >= 11 is 0. The summed E-state index contributed by atoms with van der Waals surface area (Å²) in [5.41, 5.74) is 10.1. The van der Waals surface area contributed by atoms with Gasteiger partial charge in [-0.05, 0) is 0 Å². The number of rotatable bonds is 1. The molecule has 1 fully saturated rings. The molecule has 0 aromatic rings. The molecule has 0 aromatic heterocycles. The van der Waals surface area contributed by atoms with Crippen LogP contribution in [-0.4, -0.2) is 41.2 Å². The Morgan fingerprint density at radius 1 is 1.45 bits per heavy atom. The van der Waals surface area contributed by atoms with Crippen molar-refractivity contribution in [1.29, 1.82) is 0 Å². The van der Waals surface area contributed by atoms with Crippen molar-refractivity contribution >= 4 is 5.96 Å². The lowest BCUT2D eigenvalue weighted by atomic mass is 10.2. The van der Waals surface area contributed by atoms with E-state index in [4.69, 9.17) is 21.7 Å². The number of aliphatic imine (C=N–C) groups is 1. The average Bonchev–Trinajstić information content (AvgIpc) is 2.18. The van der Waals surface area contributed by atoms with Crippen molar-refractivity contribution in [3.63, 3.8) is 0 Å². The topological polar surface area (TPSA) is 114 Å². The van der Waals surface area contributed by atoms with Gasteiger partial charge in [-0.3, -0.25) is 0 Å². The van der Waals surface area contributed by atoms with Crippen molar-refractivity contribution in [3.8, 4) is 0 Å². The molecule has 3 atom stereocenters. The predicted octanol–water partition coefficient (Wildman–Crippen LogP) is -2.66. The van der Waals surface area contributed by atoms with Crippen LogP contribution in [0, 0.1) is 0 Å². The Kier molecular flexibility index (Phi) is 2.28. The lowest BCUT2D eigenvalue weighted by Gasteiger charge is -2.08. The van der Waals surface area contributed by atoms with Crippen LogP contribution in [0.1, 0.15) is 0 Å². The minimum Gasteiger partial charge on any atom is -0.385 e. The summed E-state index contributed by atoms with van der Waals surface area (Å²) in [5, 5.41) is 18.0. The summed E-state index contributed by atoms with van der Waals surface area (Å²) in [4.78, 5) is 3.65. The zero-order chi connectivity index (χ0) is 8.43. The third kappa shape index (κ3) is 1.79. The molecule has 1 rings (SSSR count). The maximum Gasteiger partial charge on any atom is 0.186 e. The van der Waals surface area contributed by atoms with Gasteiger partial charge >= 0.3 is 0 Å². The molecule has 6 heteroatoms. The Bertz CT molecular complexity index is 168. The number of ether oxygens (including phenoxy) is 1. The van der Waals surface area contributed by atoms with E-state index in [0.717, 1.165) is 0 Å². The molecular formula is C5H11N3O3. The number of hydrogen-bond acceptors (Lipinski definition) is 4. The molecule has 0 saturated carbocycles. The highest BCUT2D eigenvalue weighted by atomic mass is 16.6. The number of aliphatic hydroxyl groups excluding tert-OH is 2. The molecule has 1 aliphatic rings. The van der Waals surface area contributed by atoms with E-state index in [0.29, 0.717) is 0 Å². The molecule has 0 aliphatic carbocycles. The van der Waals surface area contributed by atoms with Gasteiger partial charge in [0.1, 0.15) is 12.1 Å². The molecule has 1 aliphatic heterocycles. The summed E-state index contributed by atoms with van der Waals surface area (Å²) in [6, 6.07) is -0.546. The second-order valence-electron chi connectivity index (χ2n) is 2.34. The molecule has 1 heterocycles. The van der Waals surface area contributed by atoms with Crippen LogP contribution in [-0.2, 0) is 4.74 Å². The van der Waals surface area contributed by atoms with Crippen LogP contribution in [0.3, 0.4) is 0 Å². The van der Waals surface area contributed by atoms with Crippen molar-refractivity contribution in [3.05, 3.63) is 0 Å². The smallest absolute Gasteiger partial charge is 0.186 e. The molecule has 0 amide bonds. The lowest BCUT2D eigenvalue weighted by Crippen LogP contribution is -2.33. The minimum absolute atomic E-state index is 0.119. The molecule has 64 valence electrons. The van der Waals surface area contributed by atoms with E-state index in [1.54, 1.807) is 0 Å². The Labute approximate surface area is 63.5 Å². The summed E-state index contributed by atoms with van der Waals surface area (Å²) in [6.45, 7) is 0.139. The highest BCUT2D eigenvalue weighted by Crippen LogP contribution is 2.14. The van der Waals surface area contributed by atoms with Crippen LogP contribution < -0.4 is 11.5 Å². The first-order valence-electron chi connectivity index (χ1n) is 3.17. The van der Waals surface area contributed by atoms with Crippen LogP contribution >= 0.6 is 0 Å². The van der Waals surface area contributed by atoms with E-state index >= 15 is 0 Å². The molecule has 0 radical (unpaired) electrons. The van der Waals surface area contributed by atoms with Crippen molar-refractivity contribution in [2.24, 2.45) is 16.5 Å². The normalized spacial score (nSPS) is 37.1. The number of nitrogens with two attached hydrogens (primary N) is 2. The number of nitrogens with zero attached hydrogens (tertiary/aromatic N) is 1. The molecule has 1 saturated heterocycles. The van der Waals surface area contributed by atoms with Gasteiger partial charge in [0, 0.05) is 0 Å². The van der Waals surface area contributed by atoms with Gasteiger partial charge in [-0.25, -0.2) is 4.99 Å². The highest BCUT2D eigenvalue weighted by Gasteiger charge is 2.34. The van der Waals surface area contributed by atoms with E-state index in [1.807, 2.05) is 0 Å². The molecule has 11 heavy (non-hydrogen) atoms. The van der Waals surface area contributed by atoms with Gasteiger partial charge in [-0.1, -0.05) is 0 Å². The van der Waals surface area contributed by atoms with E-state index in [9.17, 15) is 0 Å². The average molecular weight is 161 g/mol. The molecule has 6 N–H and O–H groups in total. The van der Waals surface area contributed by atoms with Crippen LogP contribution in [0.25, 0.3) is 0 Å². The molecule has 0 unspecified atom stereocenters. The Hall–Kier alpha value is -0.850. The maximum absolute atomic E-state index is 9.11. The first-order chi connectivity index (χ1) is 5.11. The van der Waals surface area contributed by atoms with Crippen LogP contribution in [0.15, 0.2) is 4.99 Å². The minimum atomic E-state index is -1.18. The summed E-state index contributed by atoms with van der Waals surface area (Å²) in [5.74, 6) is -0.119. The fraction of sp³-hybridized carbons (Fsp3) is 0.800. The standard InChI is InChI=1S/C5H11N3O3/c6-5(7)8-2-1-11-4(10)3(2)9/h2-4,9-10H,1H2,(H4,6,7,8)/t2-,3+,4+/m1/s1. The summed E-state index contributed by atoms with van der Waals surface area (Å²) < 4.78 is 4.67. The van der Waals surface area contributed by atoms with Crippen molar-refractivity contribution in [2.45, 2.75) is 18.4 Å². The molecular weight excluding hydrogens is 150 g/mol. The fourth-order valence-electron chi connectivity index (χ4n) is 0.890. The van der Waals surface area contributed by atoms with Crippen LogP contribution in [0.4, 0.5) is 0 Å². The third-order valence-electron chi connectivity index (χ3n) is 1.44. The fourth-order valence-corrected chi connectivity index (χ4v) is 0.890. The first-order valence-corrected chi connectivity index (χ1v) is 3.17. The zero-order valence-electron chi connectivity index (χ0n) is 5.84. The Balaban J connectivity index is 2.55. The zero-order valence-corrected chi connectivity index (χ0v) is 5.84. The van der Waals surface area contributed by atoms with Gasteiger partial charge in [-0.2, -0.15) is 0 Å². The second kappa shape index (κ2) is 3.04. The molecule has 0 bridgehead atoms. The SMILES string of the molecule is NC(N)=N[C@@H]1CO[C@H](O)[C@H]1O. The predicted molar refractivity (Wildman–Crippen MR) is 37.6 cm³/mol. The summed E-state index contributed by atoms with van der Waals surface area (Å²) in [6.07, 6.45) is -2.21. The van der Waals surface area contributed by atoms with Crippen molar-refractivity contribution < 1.29 is 14.9 Å². The van der Waals surface area contributed by atoms with E-state index in [1.165, 1.54) is 0 Å². The van der Waals surface area contributed by atoms with E-state index in [2.05, 4.69) is 9.73 Å². The Morgan fingerprint density at radius 3 is 2.45 bits per heavy atom. The number of hydrogen-bond donors (Lipinski definition) is 4. The van der Waals surface area contributed by atoms with Gasteiger partial charge in [0.2, 0.25) is 0 Å². The molecule has 6 nitrogen and oxygen atoms in total. The van der Waals surface area contributed by atoms with Crippen LogP contribution in [0.2, 0.25) is 0 Å². The summed E-state index contributed by atoms with van der Waals surface area (Å²) in [7, 11) is 0. The lowest BCUT2D eigenvalue weighted by molar-refractivity contribution is -0.108. The third-order valence-corrected chi connectivity index (χ3v) is 1.44.